The van der Waals surface area contributed by atoms with Crippen LogP contribution in [0.5, 0.6) is 0 Å². The van der Waals surface area contributed by atoms with E-state index < -0.39 is 0 Å². The molecule has 1 atom stereocenters. The summed E-state index contributed by atoms with van der Waals surface area (Å²) in [5, 5.41) is 9.30. The van der Waals surface area contributed by atoms with Crippen molar-refractivity contribution in [1.29, 1.82) is 0 Å². The summed E-state index contributed by atoms with van der Waals surface area (Å²) in [6.45, 7) is 1.43. The van der Waals surface area contributed by atoms with E-state index in [9.17, 15) is 4.79 Å². The standard InChI is InChI=1S/C11H14ClNO3/c12-10-4-3-9(16-10)11(15)13-5-1-2-8(6-13)7-14/h3-4,8,14H,1-2,5-7H2. The number of halogens is 1. The SMILES string of the molecule is O=C(c1ccc(Cl)o1)N1CCCC(CO)C1. The van der Waals surface area contributed by atoms with Gasteiger partial charge in [-0.2, -0.15) is 0 Å². The molecule has 2 rings (SSSR count). The van der Waals surface area contributed by atoms with Gasteiger partial charge in [-0.3, -0.25) is 4.79 Å². The Labute approximate surface area is 98.8 Å². The lowest BCUT2D eigenvalue weighted by Crippen LogP contribution is -2.40. The van der Waals surface area contributed by atoms with Gasteiger partial charge >= 0.3 is 0 Å². The molecule has 1 unspecified atom stereocenters. The fraction of sp³-hybridized carbons (Fsp3) is 0.545. The molecule has 1 fully saturated rings. The smallest absolute Gasteiger partial charge is 0.289 e. The first kappa shape index (κ1) is 11.5. The van der Waals surface area contributed by atoms with Crippen LogP contribution in [0.3, 0.4) is 0 Å². The maximum absolute atomic E-state index is 12.0. The summed E-state index contributed by atoms with van der Waals surface area (Å²) in [6, 6.07) is 3.13. The zero-order valence-corrected chi connectivity index (χ0v) is 9.61. The Morgan fingerprint density at radius 1 is 1.62 bits per heavy atom. The number of likely N-dealkylation sites (tertiary alicyclic amines) is 1. The molecule has 1 aliphatic heterocycles. The van der Waals surface area contributed by atoms with Crippen molar-refractivity contribution in [3.8, 4) is 0 Å². The topological polar surface area (TPSA) is 53.7 Å². The number of amides is 1. The second kappa shape index (κ2) is 4.89. The van der Waals surface area contributed by atoms with Crippen molar-refractivity contribution in [2.24, 2.45) is 5.92 Å². The van der Waals surface area contributed by atoms with Gasteiger partial charge in [0.15, 0.2) is 11.0 Å². The lowest BCUT2D eigenvalue weighted by Gasteiger charge is -2.31. The number of aliphatic hydroxyl groups excluding tert-OH is 1. The molecular weight excluding hydrogens is 230 g/mol. The highest BCUT2D eigenvalue weighted by Crippen LogP contribution is 2.20. The van der Waals surface area contributed by atoms with Gasteiger partial charge in [-0.25, -0.2) is 0 Å². The summed E-state index contributed by atoms with van der Waals surface area (Å²) in [7, 11) is 0. The predicted molar refractivity (Wildman–Crippen MR) is 59.4 cm³/mol. The van der Waals surface area contributed by atoms with Gasteiger partial charge in [-0.1, -0.05) is 0 Å². The van der Waals surface area contributed by atoms with Crippen molar-refractivity contribution >= 4 is 17.5 Å². The molecule has 0 bridgehead atoms. The predicted octanol–water partition coefficient (Wildman–Crippen LogP) is 1.78. The van der Waals surface area contributed by atoms with E-state index in [-0.39, 0.29) is 29.4 Å². The number of furan rings is 1. The van der Waals surface area contributed by atoms with Gasteiger partial charge in [-0.15, -0.1) is 0 Å². The van der Waals surface area contributed by atoms with Gasteiger partial charge in [0.1, 0.15) is 0 Å². The minimum Gasteiger partial charge on any atom is -0.440 e. The van der Waals surface area contributed by atoms with Crippen molar-refractivity contribution < 1.29 is 14.3 Å². The molecular formula is C11H14ClNO3. The van der Waals surface area contributed by atoms with Gasteiger partial charge in [0, 0.05) is 19.7 Å². The van der Waals surface area contributed by atoms with Gasteiger partial charge in [0.25, 0.3) is 5.91 Å². The first-order chi connectivity index (χ1) is 7.70. The minimum absolute atomic E-state index is 0.128. The molecule has 4 nitrogen and oxygen atoms in total. The summed E-state index contributed by atoms with van der Waals surface area (Å²) in [5.74, 6) is 0.303. The fourth-order valence-electron chi connectivity index (χ4n) is 1.98. The molecule has 0 aromatic carbocycles. The van der Waals surface area contributed by atoms with Crippen LogP contribution in [0.4, 0.5) is 0 Å². The van der Waals surface area contributed by atoms with Crippen molar-refractivity contribution in [3.05, 3.63) is 23.1 Å². The Balaban J connectivity index is 2.04. The van der Waals surface area contributed by atoms with Crippen LogP contribution >= 0.6 is 11.6 Å². The van der Waals surface area contributed by atoms with E-state index in [0.717, 1.165) is 12.8 Å². The van der Waals surface area contributed by atoms with Crippen molar-refractivity contribution in [2.45, 2.75) is 12.8 Å². The van der Waals surface area contributed by atoms with Crippen LogP contribution in [0.15, 0.2) is 16.5 Å². The van der Waals surface area contributed by atoms with Crippen molar-refractivity contribution in [2.75, 3.05) is 19.7 Å². The van der Waals surface area contributed by atoms with E-state index in [0.29, 0.717) is 13.1 Å². The third-order valence-electron chi connectivity index (χ3n) is 2.85. The molecule has 88 valence electrons. The van der Waals surface area contributed by atoms with Crippen LogP contribution < -0.4 is 0 Å². The Bertz CT molecular complexity index is 377. The van der Waals surface area contributed by atoms with Gasteiger partial charge < -0.3 is 14.4 Å². The Morgan fingerprint density at radius 3 is 3.06 bits per heavy atom. The molecule has 1 aliphatic rings. The van der Waals surface area contributed by atoms with Gasteiger partial charge in [-0.05, 0) is 42.5 Å². The number of piperidine rings is 1. The monoisotopic (exact) mass is 243 g/mol. The second-order valence-electron chi connectivity index (χ2n) is 4.05. The summed E-state index contributed by atoms with van der Waals surface area (Å²) in [4.78, 5) is 13.7. The highest BCUT2D eigenvalue weighted by molar-refractivity contribution is 6.29. The molecule has 2 heterocycles. The summed E-state index contributed by atoms with van der Waals surface area (Å²) < 4.78 is 5.08. The highest BCUT2D eigenvalue weighted by atomic mass is 35.5. The van der Waals surface area contributed by atoms with E-state index in [1.54, 1.807) is 17.0 Å². The molecule has 0 saturated carbocycles. The van der Waals surface area contributed by atoms with E-state index in [4.69, 9.17) is 21.1 Å². The normalized spacial score (nSPS) is 21.1. The van der Waals surface area contributed by atoms with Gasteiger partial charge in [0.2, 0.25) is 0 Å². The molecule has 1 aromatic rings. The van der Waals surface area contributed by atoms with E-state index >= 15 is 0 Å². The second-order valence-corrected chi connectivity index (χ2v) is 4.42. The van der Waals surface area contributed by atoms with Crippen LogP contribution in [-0.4, -0.2) is 35.6 Å². The van der Waals surface area contributed by atoms with Crippen molar-refractivity contribution in [3.63, 3.8) is 0 Å². The Morgan fingerprint density at radius 2 is 2.44 bits per heavy atom. The molecule has 0 spiro atoms. The molecule has 5 heteroatoms. The van der Waals surface area contributed by atoms with Crippen molar-refractivity contribution in [1.82, 2.24) is 4.90 Å². The maximum atomic E-state index is 12.0. The number of nitrogens with zero attached hydrogens (tertiary/aromatic N) is 1. The third kappa shape index (κ3) is 2.39. The largest absolute Gasteiger partial charge is 0.440 e. The summed E-state index contributed by atoms with van der Waals surface area (Å²) >= 11 is 5.62. The van der Waals surface area contributed by atoms with E-state index in [1.807, 2.05) is 0 Å². The number of rotatable bonds is 2. The number of carbonyl (C=O) groups is 1. The lowest BCUT2D eigenvalue weighted by molar-refractivity contribution is 0.0590. The molecule has 0 aliphatic carbocycles. The summed E-state index contributed by atoms with van der Waals surface area (Å²) in [6.07, 6.45) is 1.89. The number of hydrogen-bond acceptors (Lipinski definition) is 3. The van der Waals surface area contributed by atoms with Crippen LogP contribution in [-0.2, 0) is 0 Å². The minimum atomic E-state index is -0.148. The first-order valence-corrected chi connectivity index (χ1v) is 5.74. The van der Waals surface area contributed by atoms with Gasteiger partial charge in [0.05, 0.1) is 0 Å². The summed E-state index contributed by atoms with van der Waals surface area (Å²) in [5.41, 5.74) is 0. The quantitative estimate of drug-likeness (QED) is 0.862. The third-order valence-corrected chi connectivity index (χ3v) is 3.05. The molecule has 1 N–H and O–H groups in total. The molecule has 1 amide bonds. The molecule has 0 radical (unpaired) electrons. The molecule has 1 aromatic heterocycles. The Hall–Kier alpha value is -1.00. The lowest BCUT2D eigenvalue weighted by atomic mass is 9.99. The Kier molecular flexibility index (Phi) is 3.51. The number of hydrogen-bond donors (Lipinski definition) is 1. The average molecular weight is 244 g/mol. The van der Waals surface area contributed by atoms with Crippen LogP contribution in [0.1, 0.15) is 23.4 Å². The maximum Gasteiger partial charge on any atom is 0.289 e. The number of carbonyl (C=O) groups excluding carboxylic acids is 1. The highest BCUT2D eigenvalue weighted by Gasteiger charge is 2.25. The van der Waals surface area contributed by atoms with Crippen LogP contribution in [0, 0.1) is 5.92 Å². The zero-order valence-electron chi connectivity index (χ0n) is 8.86. The zero-order chi connectivity index (χ0) is 11.5. The van der Waals surface area contributed by atoms with E-state index in [1.165, 1.54) is 0 Å². The number of aliphatic hydroxyl groups is 1. The first-order valence-electron chi connectivity index (χ1n) is 5.36. The average Bonchev–Trinajstić information content (AvgIpc) is 2.75. The fourth-order valence-corrected chi connectivity index (χ4v) is 2.13. The van der Waals surface area contributed by atoms with E-state index in [2.05, 4.69) is 0 Å². The molecule has 16 heavy (non-hydrogen) atoms. The molecule has 1 saturated heterocycles. The van der Waals surface area contributed by atoms with Crippen LogP contribution in [0.2, 0.25) is 5.22 Å². The van der Waals surface area contributed by atoms with Crippen LogP contribution in [0.25, 0.3) is 0 Å².